The molecular formula is C21H23N9O2. The van der Waals surface area contributed by atoms with E-state index in [2.05, 4.69) is 45.8 Å². The normalized spacial score (nSPS) is 15.5. The molecule has 0 radical (unpaired) electrons. The number of carbonyl (C=O) groups excluding carboxylic acids is 1. The molecule has 1 amide bonds. The fourth-order valence-electron chi connectivity index (χ4n) is 3.55. The third-order valence-corrected chi connectivity index (χ3v) is 5.17. The Balaban J connectivity index is 1.41. The Labute approximate surface area is 184 Å². The molecule has 0 saturated carbocycles. The van der Waals surface area contributed by atoms with Crippen molar-refractivity contribution in [1.82, 2.24) is 30.2 Å². The van der Waals surface area contributed by atoms with Gasteiger partial charge in [0.1, 0.15) is 11.6 Å². The van der Waals surface area contributed by atoms with Gasteiger partial charge in [-0.3, -0.25) is 10.1 Å². The minimum Gasteiger partial charge on any atom is -0.482 e. The molecule has 0 spiro atoms. The fourth-order valence-corrected chi connectivity index (χ4v) is 3.55. The van der Waals surface area contributed by atoms with Crippen LogP contribution < -0.4 is 25.6 Å². The highest BCUT2D eigenvalue weighted by atomic mass is 16.5. The largest absolute Gasteiger partial charge is 0.482 e. The quantitative estimate of drug-likeness (QED) is 0.542. The summed E-state index contributed by atoms with van der Waals surface area (Å²) < 4.78 is 5.42. The highest BCUT2D eigenvalue weighted by Gasteiger charge is 2.18. The molecule has 32 heavy (non-hydrogen) atoms. The predicted molar refractivity (Wildman–Crippen MR) is 119 cm³/mol. The number of aromatic nitrogens is 5. The summed E-state index contributed by atoms with van der Waals surface area (Å²) in [5.74, 6) is 2.61. The summed E-state index contributed by atoms with van der Waals surface area (Å²) in [6, 6.07) is 7.34. The third-order valence-electron chi connectivity index (χ3n) is 5.17. The van der Waals surface area contributed by atoms with Crippen LogP contribution in [0.2, 0.25) is 0 Å². The predicted octanol–water partition coefficient (Wildman–Crippen LogP) is 1.38. The van der Waals surface area contributed by atoms with Gasteiger partial charge in [-0.05, 0) is 24.3 Å². The van der Waals surface area contributed by atoms with Gasteiger partial charge in [0.25, 0.3) is 5.91 Å². The average molecular weight is 433 g/mol. The van der Waals surface area contributed by atoms with Gasteiger partial charge >= 0.3 is 0 Å². The number of fused-ring (bicyclic) bond motifs is 1. The van der Waals surface area contributed by atoms with Gasteiger partial charge in [-0.25, -0.2) is 9.97 Å². The van der Waals surface area contributed by atoms with Crippen molar-refractivity contribution in [3.8, 4) is 17.0 Å². The van der Waals surface area contributed by atoms with E-state index in [1.54, 1.807) is 12.3 Å². The van der Waals surface area contributed by atoms with Crippen LogP contribution >= 0.6 is 0 Å². The van der Waals surface area contributed by atoms with E-state index in [1.165, 1.54) is 0 Å². The first kappa shape index (κ1) is 20.1. The van der Waals surface area contributed by atoms with Crippen molar-refractivity contribution in [2.45, 2.75) is 13.3 Å². The Morgan fingerprint density at radius 2 is 1.97 bits per heavy atom. The Kier molecular flexibility index (Phi) is 5.46. The third kappa shape index (κ3) is 4.28. The maximum atomic E-state index is 11.6. The second-order valence-electron chi connectivity index (χ2n) is 7.40. The van der Waals surface area contributed by atoms with Crippen LogP contribution in [0.5, 0.6) is 5.75 Å². The van der Waals surface area contributed by atoms with E-state index < -0.39 is 0 Å². The van der Waals surface area contributed by atoms with Crippen LogP contribution in [0.25, 0.3) is 11.3 Å². The van der Waals surface area contributed by atoms with E-state index in [-0.39, 0.29) is 12.5 Å². The van der Waals surface area contributed by atoms with Crippen molar-refractivity contribution in [3.05, 3.63) is 36.3 Å². The molecule has 1 fully saturated rings. The van der Waals surface area contributed by atoms with Crippen molar-refractivity contribution >= 4 is 29.4 Å². The number of piperazine rings is 1. The zero-order valence-electron chi connectivity index (χ0n) is 17.6. The number of nitrogens with zero attached hydrogens (tertiary/aromatic N) is 6. The number of benzene rings is 1. The molecular weight excluding hydrogens is 410 g/mol. The van der Waals surface area contributed by atoms with Crippen LogP contribution in [0.4, 0.5) is 23.5 Å². The van der Waals surface area contributed by atoms with Crippen LogP contribution in [0, 0.1) is 0 Å². The molecule has 4 heterocycles. The summed E-state index contributed by atoms with van der Waals surface area (Å²) >= 11 is 0. The maximum Gasteiger partial charge on any atom is 0.262 e. The van der Waals surface area contributed by atoms with Crippen molar-refractivity contribution in [2.75, 3.05) is 48.3 Å². The lowest BCUT2D eigenvalue weighted by molar-refractivity contribution is -0.118. The molecule has 3 aromatic rings. The highest BCUT2D eigenvalue weighted by molar-refractivity contribution is 5.96. The summed E-state index contributed by atoms with van der Waals surface area (Å²) in [7, 11) is 0. The van der Waals surface area contributed by atoms with Gasteiger partial charge in [0.05, 0.1) is 11.4 Å². The number of aryl methyl sites for hydroxylation is 1. The summed E-state index contributed by atoms with van der Waals surface area (Å²) in [5, 5.41) is 9.26. The number of rotatable bonds is 5. The van der Waals surface area contributed by atoms with Crippen molar-refractivity contribution in [1.29, 1.82) is 0 Å². The summed E-state index contributed by atoms with van der Waals surface area (Å²) in [4.78, 5) is 36.3. The zero-order chi connectivity index (χ0) is 21.9. The lowest BCUT2D eigenvalue weighted by atomic mass is 10.1. The molecule has 0 aliphatic carbocycles. The lowest BCUT2D eigenvalue weighted by Gasteiger charge is -2.27. The molecule has 164 valence electrons. The van der Waals surface area contributed by atoms with Gasteiger partial charge in [0.2, 0.25) is 17.8 Å². The molecule has 3 N–H and O–H groups in total. The monoisotopic (exact) mass is 433 g/mol. The van der Waals surface area contributed by atoms with Gasteiger partial charge < -0.3 is 20.3 Å². The van der Waals surface area contributed by atoms with Crippen molar-refractivity contribution in [3.63, 3.8) is 0 Å². The SMILES string of the molecule is CCc1nc(Nc2nccc(-c3ccc4c(c3)NC(=O)CO4)n2)nc(N2CCNCC2)n1. The van der Waals surface area contributed by atoms with E-state index in [0.717, 1.165) is 31.7 Å². The second-order valence-corrected chi connectivity index (χ2v) is 7.40. The van der Waals surface area contributed by atoms with E-state index in [1.807, 2.05) is 25.1 Å². The van der Waals surface area contributed by atoms with Gasteiger partial charge in [-0.2, -0.15) is 15.0 Å². The number of anilines is 4. The highest BCUT2D eigenvalue weighted by Crippen LogP contribution is 2.32. The Hall–Kier alpha value is -3.86. The minimum absolute atomic E-state index is 0.0233. The molecule has 1 saturated heterocycles. The van der Waals surface area contributed by atoms with Crippen LogP contribution in [0.15, 0.2) is 30.5 Å². The molecule has 11 heteroatoms. The Morgan fingerprint density at radius 1 is 1.09 bits per heavy atom. The Bertz CT molecular complexity index is 1150. The molecule has 0 bridgehead atoms. The average Bonchev–Trinajstić information content (AvgIpc) is 2.84. The topological polar surface area (TPSA) is 130 Å². The molecule has 1 aromatic carbocycles. The minimum atomic E-state index is -0.179. The molecule has 0 atom stereocenters. The second kappa shape index (κ2) is 8.71. The zero-order valence-corrected chi connectivity index (χ0v) is 17.6. The van der Waals surface area contributed by atoms with E-state index in [4.69, 9.17) is 4.74 Å². The van der Waals surface area contributed by atoms with Crippen LogP contribution in [-0.2, 0) is 11.2 Å². The number of amides is 1. The molecule has 2 aliphatic rings. The molecule has 11 nitrogen and oxygen atoms in total. The van der Waals surface area contributed by atoms with E-state index in [0.29, 0.717) is 47.2 Å². The molecule has 2 aliphatic heterocycles. The smallest absolute Gasteiger partial charge is 0.262 e. The fraction of sp³-hybridized carbons (Fsp3) is 0.333. The van der Waals surface area contributed by atoms with Gasteiger partial charge in [0, 0.05) is 44.4 Å². The van der Waals surface area contributed by atoms with Gasteiger partial charge in [0.15, 0.2) is 6.61 Å². The number of nitrogens with one attached hydrogen (secondary N) is 3. The summed E-state index contributed by atoms with van der Waals surface area (Å²) in [6.45, 7) is 5.51. The van der Waals surface area contributed by atoms with Gasteiger partial charge in [-0.15, -0.1) is 0 Å². The first-order valence-electron chi connectivity index (χ1n) is 10.6. The number of ether oxygens (including phenoxy) is 1. The number of hydrogen-bond acceptors (Lipinski definition) is 10. The summed E-state index contributed by atoms with van der Waals surface area (Å²) in [5.41, 5.74) is 2.14. The first-order chi connectivity index (χ1) is 15.7. The van der Waals surface area contributed by atoms with Crippen molar-refractivity contribution in [2.24, 2.45) is 0 Å². The summed E-state index contributed by atoms with van der Waals surface area (Å²) in [6.07, 6.45) is 2.36. The van der Waals surface area contributed by atoms with Crippen LogP contribution in [0.3, 0.4) is 0 Å². The van der Waals surface area contributed by atoms with Crippen molar-refractivity contribution < 1.29 is 9.53 Å². The standard InChI is InChI=1S/C21H23N9O2/c1-2-17-26-20(29-21(27-17)30-9-7-22-8-10-30)28-19-23-6-5-14(25-19)13-3-4-16-15(11-13)24-18(31)12-32-16/h3-6,11,22H,2,7-10,12H2,1H3,(H,24,31)(H,23,25,26,27,28,29). The number of hydrogen-bond donors (Lipinski definition) is 3. The first-order valence-corrected chi connectivity index (χ1v) is 10.6. The van der Waals surface area contributed by atoms with E-state index >= 15 is 0 Å². The molecule has 5 rings (SSSR count). The van der Waals surface area contributed by atoms with Crippen LogP contribution in [0.1, 0.15) is 12.7 Å². The molecule has 2 aromatic heterocycles. The lowest BCUT2D eigenvalue weighted by Crippen LogP contribution is -2.44. The Morgan fingerprint density at radius 3 is 2.81 bits per heavy atom. The van der Waals surface area contributed by atoms with E-state index in [9.17, 15) is 4.79 Å². The van der Waals surface area contributed by atoms with Crippen LogP contribution in [-0.4, -0.2) is 63.6 Å². The maximum absolute atomic E-state index is 11.6. The molecule has 0 unspecified atom stereocenters. The van der Waals surface area contributed by atoms with Gasteiger partial charge in [-0.1, -0.05) is 6.92 Å². The number of carbonyl (C=O) groups is 1.